The summed E-state index contributed by atoms with van der Waals surface area (Å²) in [5.74, 6) is -2.41. The Hall–Kier alpha value is -2.74. The number of nitro benzene ring substituents is 1. The second-order valence-corrected chi connectivity index (χ2v) is 7.26. The summed E-state index contributed by atoms with van der Waals surface area (Å²) in [5.41, 5.74) is 0.565. The van der Waals surface area contributed by atoms with Crippen molar-refractivity contribution in [2.75, 3.05) is 5.32 Å². The van der Waals surface area contributed by atoms with E-state index in [4.69, 9.17) is 11.6 Å². The fourth-order valence-corrected chi connectivity index (χ4v) is 3.74. The van der Waals surface area contributed by atoms with Gasteiger partial charge in [0.25, 0.3) is 5.69 Å². The smallest absolute Gasteiger partial charge is 0.274 e. The van der Waals surface area contributed by atoms with Crippen molar-refractivity contribution >= 4 is 40.7 Å². The van der Waals surface area contributed by atoms with Gasteiger partial charge in [0.05, 0.1) is 16.8 Å². The number of benzene rings is 1. The number of rotatable bonds is 4. The van der Waals surface area contributed by atoms with Crippen LogP contribution >= 0.6 is 11.6 Å². The number of hydrogen-bond acceptors (Lipinski definition) is 5. The Labute approximate surface area is 160 Å². The lowest BCUT2D eigenvalue weighted by molar-refractivity contribution is -0.385. The molecular formula is C18H18ClN3O5. The highest BCUT2D eigenvalue weighted by Gasteiger charge is 2.51. The number of likely N-dealkylation sites (tertiary alicyclic amines) is 1. The van der Waals surface area contributed by atoms with Gasteiger partial charge in [-0.2, -0.15) is 0 Å². The van der Waals surface area contributed by atoms with Crippen LogP contribution in [0.25, 0.3) is 0 Å². The molecule has 0 aromatic heterocycles. The van der Waals surface area contributed by atoms with E-state index in [1.165, 1.54) is 25.1 Å². The van der Waals surface area contributed by atoms with Gasteiger partial charge < -0.3 is 5.32 Å². The number of imide groups is 1. The number of anilines is 1. The molecule has 9 heteroatoms. The summed E-state index contributed by atoms with van der Waals surface area (Å²) in [6, 6.07) is 3.27. The van der Waals surface area contributed by atoms with Crippen molar-refractivity contribution in [1.29, 1.82) is 0 Å². The van der Waals surface area contributed by atoms with Crippen LogP contribution in [-0.4, -0.2) is 33.6 Å². The second kappa shape index (κ2) is 7.11. The minimum atomic E-state index is -1.03. The first-order valence-corrected chi connectivity index (χ1v) is 8.86. The number of aryl methyl sites for hydroxylation is 1. The summed E-state index contributed by atoms with van der Waals surface area (Å²) in [5, 5.41) is 14.1. The van der Waals surface area contributed by atoms with E-state index < -0.39 is 34.6 Å². The van der Waals surface area contributed by atoms with Gasteiger partial charge in [0.15, 0.2) is 0 Å². The molecule has 1 aliphatic heterocycles. The van der Waals surface area contributed by atoms with E-state index in [2.05, 4.69) is 5.32 Å². The number of fused-ring (bicyclic) bond motifs is 1. The van der Waals surface area contributed by atoms with Gasteiger partial charge in [-0.25, -0.2) is 0 Å². The first kappa shape index (κ1) is 19.0. The fourth-order valence-electron chi connectivity index (χ4n) is 3.48. The zero-order chi connectivity index (χ0) is 19.9. The summed E-state index contributed by atoms with van der Waals surface area (Å²) in [6.07, 6.45) is 2.41. The number of nitrogens with one attached hydrogen (secondary N) is 1. The number of nitro groups is 1. The Morgan fingerprint density at radius 3 is 2.67 bits per heavy atom. The maximum Gasteiger partial charge on any atom is 0.274 e. The molecule has 8 nitrogen and oxygen atoms in total. The third-order valence-corrected chi connectivity index (χ3v) is 5.35. The molecule has 27 heavy (non-hydrogen) atoms. The molecule has 0 saturated carbocycles. The van der Waals surface area contributed by atoms with E-state index in [0.29, 0.717) is 23.4 Å². The van der Waals surface area contributed by atoms with Crippen molar-refractivity contribution < 1.29 is 19.3 Å². The SMILES string of the molecule is Cc1ccc(NC(=O)[C@@H](C)N2C(=O)[C@H]3CC(Cl)=CC[C@H]3C2=O)cc1[N+](=O)[O-]. The zero-order valence-electron chi connectivity index (χ0n) is 14.8. The highest BCUT2D eigenvalue weighted by molar-refractivity contribution is 6.30. The number of amides is 3. The lowest BCUT2D eigenvalue weighted by Crippen LogP contribution is -2.46. The molecule has 3 amide bonds. The molecular weight excluding hydrogens is 374 g/mol. The Bertz CT molecular complexity index is 882. The van der Waals surface area contributed by atoms with Gasteiger partial charge >= 0.3 is 0 Å². The predicted octanol–water partition coefficient (Wildman–Crippen LogP) is 2.75. The molecule has 2 aliphatic rings. The van der Waals surface area contributed by atoms with Gasteiger partial charge in [0, 0.05) is 22.3 Å². The molecule has 1 aromatic rings. The molecule has 0 radical (unpaired) electrons. The van der Waals surface area contributed by atoms with Crippen LogP contribution in [0.3, 0.4) is 0 Å². The summed E-state index contributed by atoms with van der Waals surface area (Å²) in [6.45, 7) is 3.05. The number of carbonyl (C=O) groups excluding carboxylic acids is 3. The number of carbonyl (C=O) groups is 3. The lowest BCUT2D eigenvalue weighted by Gasteiger charge is -2.22. The quantitative estimate of drug-likeness (QED) is 0.482. The van der Waals surface area contributed by atoms with Gasteiger partial charge in [-0.15, -0.1) is 0 Å². The van der Waals surface area contributed by atoms with Crippen LogP contribution in [0.5, 0.6) is 0 Å². The number of hydrogen-bond donors (Lipinski definition) is 1. The van der Waals surface area contributed by atoms with Crippen LogP contribution in [0.2, 0.25) is 0 Å². The van der Waals surface area contributed by atoms with Gasteiger partial charge in [-0.3, -0.25) is 29.4 Å². The molecule has 3 atom stereocenters. The van der Waals surface area contributed by atoms with Crippen LogP contribution in [0.4, 0.5) is 11.4 Å². The molecule has 1 N–H and O–H groups in total. The topological polar surface area (TPSA) is 110 Å². The van der Waals surface area contributed by atoms with Crippen molar-refractivity contribution in [3.05, 3.63) is 45.0 Å². The van der Waals surface area contributed by atoms with Crippen molar-refractivity contribution in [2.45, 2.75) is 32.7 Å². The highest BCUT2D eigenvalue weighted by atomic mass is 35.5. The van der Waals surface area contributed by atoms with Crippen molar-refractivity contribution in [3.8, 4) is 0 Å². The van der Waals surface area contributed by atoms with E-state index in [1.54, 1.807) is 13.0 Å². The van der Waals surface area contributed by atoms with Crippen molar-refractivity contribution in [3.63, 3.8) is 0 Å². The van der Waals surface area contributed by atoms with Gasteiger partial charge in [0.2, 0.25) is 17.7 Å². The molecule has 1 heterocycles. The summed E-state index contributed by atoms with van der Waals surface area (Å²) in [7, 11) is 0. The molecule has 1 aliphatic carbocycles. The predicted molar refractivity (Wildman–Crippen MR) is 97.9 cm³/mol. The normalized spacial score (nSPS) is 22.9. The fraction of sp³-hybridized carbons (Fsp3) is 0.389. The van der Waals surface area contributed by atoms with E-state index in [0.717, 1.165) is 4.90 Å². The molecule has 0 spiro atoms. The van der Waals surface area contributed by atoms with Crippen LogP contribution in [0, 0.1) is 28.9 Å². The van der Waals surface area contributed by atoms with E-state index in [9.17, 15) is 24.5 Å². The molecule has 0 bridgehead atoms. The number of allylic oxidation sites excluding steroid dienone is 2. The van der Waals surface area contributed by atoms with Crippen LogP contribution in [-0.2, 0) is 14.4 Å². The van der Waals surface area contributed by atoms with Crippen LogP contribution < -0.4 is 5.32 Å². The van der Waals surface area contributed by atoms with Crippen LogP contribution in [0.1, 0.15) is 25.3 Å². The Morgan fingerprint density at radius 2 is 2.00 bits per heavy atom. The Kier molecular flexibility index (Phi) is 5.01. The lowest BCUT2D eigenvalue weighted by atomic mass is 9.85. The van der Waals surface area contributed by atoms with Crippen molar-refractivity contribution in [2.24, 2.45) is 11.8 Å². The molecule has 0 unspecified atom stereocenters. The maximum atomic E-state index is 12.6. The third kappa shape index (κ3) is 3.44. The molecule has 1 saturated heterocycles. The van der Waals surface area contributed by atoms with E-state index in [-0.39, 0.29) is 17.3 Å². The Morgan fingerprint density at radius 1 is 1.33 bits per heavy atom. The molecule has 1 aromatic carbocycles. The molecule has 142 valence electrons. The Balaban J connectivity index is 1.76. The van der Waals surface area contributed by atoms with Gasteiger partial charge in [-0.05, 0) is 32.8 Å². The number of halogens is 1. The molecule has 3 rings (SSSR count). The monoisotopic (exact) mass is 391 g/mol. The van der Waals surface area contributed by atoms with Gasteiger partial charge in [0.1, 0.15) is 6.04 Å². The maximum absolute atomic E-state index is 12.6. The minimum Gasteiger partial charge on any atom is -0.324 e. The number of nitrogens with zero attached hydrogens (tertiary/aromatic N) is 2. The summed E-state index contributed by atoms with van der Waals surface area (Å²) < 4.78 is 0. The van der Waals surface area contributed by atoms with Crippen LogP contribution in [0.15, 0.2) is 29.3 Å². The highest BCUT2D eigenvalue weighted by Crippen LogP contribution is 2.39. The average molecular weight is 392 g/mol. The first-order chi connectivity index (χ1) is 12.7. The van der Waals surface area contributed by atoms with Gasteiger partial charge in [-0.1, -0.05) is 23.7 Å². The summed E-state index contributed by atoms with van der Waals surface area (Å²) >= 11 is 5.99. The average Bonchev–Trinajstić information content (AvgIpc) is 2.86. The minimum absolute atomic E-state index is 0.125. The largest absolute Gasteiger partial charge is 0.324 e. The zero-order valence-corrected chi connectivity index (χ0v) is 15.5. The second-order valence-electron chi connectivity index (χ2n) is 6.77. The summed E-state index contributed by atoms with van der Waals surface area (Å²) in [4.78, 5) is 49.3. The standard InChI is InChI=1S/C18H18ClN3O5/c1-9-3-5-12(8-15(9)22(26)27)20-16(23)10(2)21-17(24)13-6-4-11(19)7-14(13)18(21)25/h3-5,8,10,13-14H,6-7H2,1-2H3,(H,20,23)/t10-,13-,14+/m1/s1. The van der Waals surface area contributed by atoms with E-state index in [1.807, 2.05) is 0 Å². The first-order valence-electron chi connectivity index (χ1n) is 8.48. The van der Waals surface area contributed by atoms with Crippen molar-refractivity contribution in [1.82, 2.24) is 4.90 Å². The third-order valence-electron chi connectivity index (χ3n) is 5.04. The molecule has 1 fully saturated rings. The van der Waals surface area contributed by atoms with E-state index >= 15 is 0 Å².